The lowest BCUT2D eigenvalue weighted by atomic mass is 9.94. The van der Waals surface area contributed by atoms with E-state index in [4.69, 9.17) is 0 Å². The Bertz CT molecular complexity index is 796. The number of pyridine rings is 2. The summed E-state index contributed by atoms with van der Waals surface area (Å²) >= 11 is 0. The number of aromatic nitrogens is 2. The molecule has 0 spiro atoms. The van der Waals surface area contributed by atoms with E-state index in [-0.39, 0.29) is 17.9 Å². The highest BCUT2D eigenvalue weighted by atomic mass is 16.2. The van der Waals surface area contributed by atoms with Crippen molar-refractivity contribution in [2.75, 3.05) is 19.6 Å². The molecule has 3 fully saturated rings. The number of piperidine rings is 1. The van der Waals surface area contributed by atoms with Gasteiger partial charge in [-0.15, -0.1) is 0 Å². The Morgan fingerprint density at radius 1 is 0.926 bits per heavy atom. The molecule has 0 aromatic carbocycles. The molecular formula is C21H24N4O2. The molecule has 2 atom stereocenters. The molecule has 0 radical (unpaired) electrons. The van der Waals surface area contributed by atoms with Gasteiger partial charge in [-0.2, -0.15) is 0 Å². The van der Waals surface area contributed by atoms with E-state index in [0.717, 1.165) is 37.9 Å². The minimum atomic E-state index is 0.0420. The number of rotatable bonds is 4. The molecule has 2 aromatic rings. The Labute approximate surface area is 159 Å². The van der Waals surface area contributed by atoms with Crippen molar-refractivity contribution in [2.24, 2.45) is 5.92 Å². The normalized spacial score (nSPS) is 21.8. The third kappa shape index (κ3) is 3.99. The lowest BCUT2D eigenvalue weighted by molar-refractivity contribution is -0.135. The molecule has 6 heteroatoms. The Kier molecular flexibility index (Phi) is 5.14. The van der Waals surface area contributed by atoms with E-state index in [2.05, 4.69) is 9.97 Å². The van der Waals surface area contributed by atoms with Crippen LogP contribution < -0.4 is 0 Å². The van der Waals surface area contributed by atoms with Crippen LogP contribution in [0.25, 0.3) is 0 Å². The highest BCUT2D eigenvalue weighted by Gasteiger charge is 2.38. The van der Waals surface area contributed by atoms with Gasteiger partial charge in [0.1, 0.15) is 0 Å². The van der Waals surface area contributed by atoms with Crippen LogP contribution in [-0.2, 0) is 11.2 Å². The summed E-state index contributed by atoms with van der Waals surface area (Å²) < 4.78 is 0. The molecule has 2 amide bonds. The summed E-state index contributed by atoms with van der Waals surface area (Å²) in [5, 5.41) is 0. The first-order valence-corrected chi connectivity index (χ1v) is 9.58. The number of carbonyl (C=O) groups excluding carboxylic acids is 2. The van der Waals surface area contributed by atoms with Gasteiger partial charge in [-0.1, -0.05) is 0 Å². The topological polar surface area (TPSA) is 66.4 Å². The summed E-state index contributed by atoms with van der Waals surface area (Å²) in [4.78, 5) is 37.7. The van der Waals surface area contributed by atoms with Crippen LogP contribution in [0.1, 0.15) is 35.2 Å². The lowest BCUT2D eigenvalue weighted by Gasteiger charge is -2.36. The smallest absolute Gasteiger partial charge is 0.254 e. The van der Waals surface area contributed by atoms with Gasteiger partial charge in [0, 0.05) is 62.4 Å². The van der Waals surface area contributed by atoms with Crippen LogP contribution in [-0.4, -0.2) is 57.3 Å². The maximum atomic E-state index is 12.9. The summed E-state index contributed by atoms with van der Waals surface area (Å²) in [6, 6.07) is 7.55. The van der Waals surface area contributed by atoms with Crippen LogP contribution in [0, 0.1) is 5.92 Å². The number of hydrogen-bond donors (Lipinski definition) is 0. The average molecular weight is 364 g/mol. The number of aryl methyl sites for hydroxylation is 1. The second-order valence-electron chi connectivity index (χ2n) is 7.44. The number of amides is 2. The quantitative estimate of drug-likeness (QED) is 0.834. The highest BCUT2D eigenvalue weighted by Crippen LogP contribution is 2.29. The number of hydrogen-bond acceptors (Lipinski definition) is 4. The molecule has 0 aliphatic carbocycles. The van der Waals surface area contributed by atoms with E-state index >= 15 is 0 Å². The second-order valence-corrected chi connectivity index (χ2v) is 7.44. The molecule has 6 nitrogen and oxygen atoms in total. The predicted molar refractivity (Wildman–Crippen MR) is 101 cm³/mol. The van der Waals surface area contributed by atoms with Crippen molar-refractivity contribution in [1.29, 1.82) is 0 Å². The minimum absolute atomic E-state index is 0.0420. The minimum Gasteiger partial charge on any atom is -0.338 e. The van der Waals surface area contributed by atoms with Gasteiger partial charge < -0.3 is 9.80 Å². The van der Waals surface area contributed by atoms with Crippen molar-refractivity contribution in [3.63, 3.8) is 0 Å². The molecule has 2 aromatic heterocycles. The van der Waals surface area contributed by atoms with Gasteiger partial charge in [0.25, 0.3) is 5.91 Å². The Morgan fingerprint density at radius 3 is 2.37 bits per heavy atom. The van der Waals surface area contributed by atoms with Gasteiger partial charge in [-0.25, -0.2) is 0 Å². The number of carbonyl (C=O) groups is 2. The first kappa shape index (κ1) is 17.6. The molecule has 27 heavy (non-hydrogen) atoms. The monoisotopic (exact) mass is 364 g/mol. The van der Waals surface area contributed by atoms with Crippen LogP contribution >= 0.6 is 0 Å². The summed E-state index contributed by atoms with van der Waals surface area (Å²) in [6.45, 7) is 2.12. The molecular weight excluding hydrogens is 340 g/mol. The van der Waals surface area contributed by atoms with Crippen LogP contribution in [0.15, 0.2) is 49.1 Å². The van der Waals surface area contributed by atoms with Crippen LogP contribution in [0.4, 0.5) is 0 Å². The van der Waals surface area contributed by atoms with Crippen molar-refractivity contribution in [1.82, 2.24) is 19.8 Å². The van der Waals surface area contributed by atoms with E-state index in [1.807, 2.05) is 21.9 Å². The van der Waals surface area contributed by atoms with E-state index in [1.54, 1.807) is 36.9 Å². The third-order valence-electron chi connectivity index (χ3n) is 5.63. The second kappa shape index (κ2) is 7.86. The Balaban J connectivity index is 1.42. The lowest BCUT2D eigenvalue weighted by Crippen LogP contribution is -2.47. The molecule has 3 aliphatic heterocycles. The fraction of sp³-hybridized carbons (Fsp3) is 0.429. The molecule has 2 bridgehead atoms. The molecule has 5 heterocycles. The van der Waals surface area contributed by atoms with Crippen molar-refractivity contribution < 1.29 is 9.59 Å². The van der Waals surface area contributed by atoms with Crippen LogP contribution in [0.3, 0.4) is 0 Å². The fourth-order valence-electron chi connectivity index (χ4n) is 4.17. The molecule has 0 unspecified atom stereocenters. The van der Waals surface area contributed by atoms with Gasteiger partial charge in [0.05, 0.1) is 0 Å². The number of fused-ring (bicyclic) bond motifs is 4. The van der Waals surface area contributed by atoms with Crippen molar-refractivity contribution in [3.05, 3.63) is 60.2 Å². The van der Waals surface area contributed by atoms with Crippen molar-refractivity contribution in [2.45, 2.75) is 31.7 Å². The number of nitrogens with zero attached hydrogens (tertiary/aromatic N) is 4. The van der Waals surface area contributed by atoms with Crippen LogP contribution in [0.5, 0.6) is 0 Å². The van der Waals surface area contributed by atoms with E-state index in [9.17, 15) is 9.59 Å². The maximum absolute atomic E-state index is 12.9. The first-order chi connectivity index (χ1) is 13.2. The first-order valence-electron chi connectivity index (χ1n) is 9.58. The van der Waals surface area contributed by atoms with Gasteiger partial charge in [0.2, 0.25) is 5.91 Å². The molecule has 3 saturated heterocycles. The van der Waals surface area contributed by atoms with Gasteiger partial charge in [-0.05, 0) is 55.0 Å². The predicted octanol–water partition coefficient (Wildman–Crippen LogP) is 2.17. The van der Waals surface area contributed by atoms with E-state index in [0.29, 0.717) is 24.4 Å². The SMILES string of the molecule is O=C(c1ccncc1)N1C[C@H]2CC[C@@H](C1)N(C(=O)CCc1ccncc1)C2. The fourth-order valence-corrected chi connectivity index (χ4v) is 4.17. The third-order valence-corrected chi connectivity index (χ3v) is 5.63. The zero-order valence-corrected chi connectivity index (χ0v) is 15.3. The summed E-state index contributed by atoms with van der Waals surface area (Å²) in [5.74, 6) is 0.597. The standard InChI is InChI=1S/C21H24N4O2/c26-20(4-2-16-5-9-22-10-6-16)25-14-17-1-3-19(25)15-24(13-17)21(27)18-7-11-23-12-8-18/h5-12,17,19H,1-4,13-15H2/t17-,19+/m1/s1. The van der Waals surface area contributed by atoms with Gasteiger partial charge in [0.15, 0.2) is 0 Å². The Hall–Kier alpha value is -2.76. The zero-order valence-electron chi connectivity index (χ0n) is 15.3. The van der Waals surface area contributed by atoms with Gasteiger partial charge >= 0.3 is 0 Å². The summed E-state index contributed by atoms with van der Waals surface area (Å²) in [7, 11) is 0. The van der Waals surface area contributed by atoms with Crippen molar-refractivity contribution >= 4 is 11.8 Å². The summed E-state index contributed by atoms with van der Waals surface area (Å²) in [5.41, 5.74) is 1.80. The molecule has 5 rings (SSSR count). The maximum Gasteiger partial charge on any atom is 0.254 e. The van der Waals surface area contributed by atoms with Crippen molar-refractivity contribution in [3.8, 4) is 0 Å². The zero-order chi connectivity index (χ0) is 18.6. The summed E-state index contributed by atoms with van der Waals surface area (Å²) in [6.07, 6.45) is 10.1. The van der Waals surface area contributed by atoms with E-state index < -0.39 is 0 Å². The largest absolute Gasteiger partial charge is 0.338 e. The molecule has 0 N–H and O–H groups in total. The molecule has 3 aliphatic rings. The van der Waals surface area contributed by atoms with Gasteiger partial charge in [-0.3, -0.25) is 19.6 Å². The molecule has 140 valence electrons. The van der Waals surface area contributed by atoms with E-state index in [1.165, 1.54) is 0 Å². The highest BCUT2D eigenvalue weighted by molar-refractivity contribution is 5.94. The molecule has 0 saturated carbocycles. The van der Waals surface area contributed by atoms with Crippen LogP contribution in [0.2, 0.25) is 0 Å². The average Bonchev–Trinajstić information content (AvgIpc) is 3.05. The Morgan fingerprint density at radius 2 is 1.63 bits per heavy atom.